The van der Waals surface area contributed by atoms with Crippen molar-refractivity contribution in [3.8, 4) is 11.8 Å². The van der Waals surface area contributed by atoms with Gasteiger partial charge in [-0.2, -0.15) is 0 Å². The average Bonchev–Trinajstić information content (AvgIpc) is 2.67. The number of anilines is 2. The number of aromatic nitrogens is 1. The fraction of sp³-hybridized carbons (Fsp3) is 0.263. The van der Waals surface area contributed by atoms with Crippen molar-refractivity contribution in [2.24, 2.45) is 5.84 Å². The van der Waals surface area contributed by atoms with E-state index in [9.17, 15) is 4.79 Å². The van der Waals surface area contributed by atoms with Gasteiger partial charge in [-0.3, -0.25) is 4.79 Å². The van der Waals surface area contributed by atoms with Crippen LogP contribution in [0.5, 0.6) is 0 Å². The Balaban J connectivity index is 1.81. The second kappa shape index (κ2) is 7.79. The molecule has 0 unspecified atom stereocenters. The van der Waals surface area contributed by atoms with Gasteiger partial charge in [0.05, 0.1) is 24.5 Å². The van der Waals surface area contributed by atoms with Crippen LogP contribution in [0, 0.1) is 11.8 Å². The fourth-order valence-corrected chi connectivity index (χ4v) is 2.55. The third kappa shape index (κ3) is 4.15. The summed E-state index contributed by atoms with van der Waals surface area (Å²) in [5.74, 6) is 12.7. The van der Waals surface area contributed by atoms with Crippen molar-refractivity contribution in [2.45, 2.75) is 6.92 Å². The first-order valence-electron chi connectivity index (χ1n) is 8.10. The third-order valence-corrected chi connectivity index (χ3v) is 3.92. The van der Waals surface area contributed by atoms with Crippen LogP contribution in [-0.2, 0) is 9.53 Å². The van der Waals surface area contributed by atoms with Crippen LogP contribution in [0.1, 0.15) is 18.1 Å². The van der Waals surface area contributed by atoms with Gasteiger partial charge in [0.15, 0.2) is 0 Å². The van der Waals surface area contributed by atoms with Gasteiger partial charge in [0.25, 0.3) is 0 Å². The van der Waals surface area contributed by atoms with Crippen LogP contribution >= 0.6 is 0 Å². The zero-order chi connectivity index (χ0) is 17.6. The van der Waals surface area contributed by atoms with Crippen molar-refractivity contribution < 1.29 is 9.53 Å². The van der Waals surface area contributed by atoms with Gasteiger partial charge in [-0.1, -0.05) is 11.8 Å². The number of nitrogens with two attached hydrogens (primary N) is 1. The minimum absolute atomic E-state index is 0.218. The van der Waals surface area contributed by atoms with Gasteiger partial charge < -0.3 is 9.64 Å². The third-order valence-electron chi connectivity index (χ3n) is 3.92. The van der Waals surface area contributed by atoms with Crippen molar-refractivity contribution in [3.05, 3.63) is 53.7 Å². The summed E-state index contributed by atoms with van der Waals surface area (Å²) in [4.78, 5) is 17.9. The van der Waals surface area contributed by atoms with E-state index in [2.05, 4.69) is 21.7 Å². The molecule has 2 N–H and O–H groups in total. The quantitative estimate of drug-likeness (QED) is 0.390. The zero-order valence-corrected chi connectivity index (χ0v) is 14.1. The molecule has 0 atom stereocenters. The highest BCUT2D eigenvalue weighted by Gasteiger charge is 2.14. The van der Waals surface area contributed by atoms with Gasteiger partial charge in [0, 0.05) is 31.8 Å². The number of rotatable bonds is 2. The number of amides is 1. The van der Waals surface area contributed by atoms with Crippen molar-refractivity contribution >= 4 is 17.4 Å². The van der Waals surface area contributed by atoms with E-state index in [4.69, 9.17) is 10.6 Å². The molecule has 1 aliphatic heterocycles. The molecule has 6 heteroatoms. The number of nitrogens with zero attached hydrogens (tertiary/aromatic N) is 3. The Morgan fingerprint density at radius 3 is 2.60 bits per heavy atom. The maximum Gasteiger partial charge on any atom is 0.238 e. The molecule has 2 heterocycles. The van der Waals surface area contributed by atoms with E-state index >= 15 is 0 Å². The van der Waals surface area contributed by atoms with Gasteiger partial charge in [0.1, 0.15) is 5.82 Å². The molecular formula is C19H20N4O2. The minimum atomic E-state index is -0.218. The lowest BCUT2D eigenvalue weighted by molar-refractivity contribution is -0.116. The molecule has 2 aromatic rings. The predicted octanol–water partition coefficient (Wildman–Crippen LogP) is 1.54. The normalized spacial score (nSPS) is 13.8. The number of hydrogen-bond acceptors (Lipinski definition) is 5. The molecule has 128 valence electrons. The molecule has 1 amide bonds. The molecular weight excluding hydrogens is 316 g/mol. The number of benzene rings is 1. The summed E-state index contributed by atoms with van der Waals surface area (Å²) in [6, 6.07) is 11.1. The summed E-state index contributed by atoms with van der Waals surface area (Å²) in [6.07, 6.45) is 1.78. The van der Waals surface area contributed by atoms with Crippen LogP contribution in [0.2, 0.25) is 0 Å². The number of carbonyl (C=O) groups is 1. The lowest BCUT2D eigenvalue weighted by Crippen LogP contribution is -2.37. The summed E-state index contributed by atoms with van der Waals surface area (Å²) >= 11 is 0. The van der Waals surface area contributed by atoms with Crippen LogP contribution in [0.25, 0.3) is 0 Å². The molecule has 1 aromatic carbocycles. The summed E-state index contributed by atoms with van der Waals surface area (Å²) in [5, 5.41) is 1.11. The highest BCUT2D eigenvalue weighted by Crippen LogP contribution is 2.18. The Bertz CT molecular complexity index is 802. The second-order valence-corrected chi connectivity index (χ2v) is 5.66. The highest BCUT2D eigenvalue weighted by atomic mass is 16.5. The standard InChI is InChI=1S/C19H20N4O2/c1-15(24)23(20)18-8-5-16(6-9-18)4-7-17-3-2-10-21-19(17)22-11-13-25-14-12-22/h2-3,5-6,8-10H,11-14,20H2,1H3. The molecule has 1 aliphatic rings. The molecule has 0 spiro atoms. The number of hydrogen-bond donors (Lipinski definition) is 1. The van der Waals surface area contributed by atoms with E-state index < -0.39 is 0 Å². The molecule has 6 nitrogen and oxygen atoms in total. The topological polar surface area (TPSA) is 71.7 Å². The van der Waals surface area contributed by atoms with E-state index in [0.29, 0.717) is 18.9 Å². The molecule has 25 heavy (non-hydrogen) atoms. The largest absolute Gasteiger partial charge is 0.378 e. The molecule has 0 aliphatic carbocycles. The van der Waals surface area contributed by atoms with Crippen molar-refractivity contribution in [3.63, 3.8) is 0 Å². The summed E-state index contributed by atoms with van der Waals surface area (Å²) in [6.45, 7) is 4.46. The van der Waals surface area contributed by atoms with Crippen molar-refractivity contribution in [2.75, 3.05) is 36.2 Å². The molecule has 0 radical (unpaired) electrons. The average molecular weight is 336 g/mol. The Kier molecular flexibility index (Phi) is 5.29. The lowest BCUT2D eigenvalue weighted by atomic mass is 10.1. The van der Waals surface area contributed by atoms with Gasteiger partial charge >= 0.3 is 0 Å². The van der Waals surface area contributed by atoms with E-state index in [-0.39, 0.29) is 5.91 Å². The van der Waals surface area contributed by atoms with Crippen LogP contribution < -0.4 is 15.8 Å². The van der Waals surface area contributed by atoms with Crippen LogP contribution in [0.4, 0.5) is 11.5 Å². The molecule has 0 saturated carbocycles. The number of ether oxygens (including phenoxy) is 1. The maximum absolute atomic E-state index is 11.3. The predicted molar refractivity (Wildman–Crippen MR) is 97.0 cm³/mol. The summed E-state index contributed by atoms with van der Waals surface area (Å²) < 4.78 is 5.39. The van der Waals surface area contributed by atoms with Crippen molar-refractivity contribution in [1.29, 1.82) is 0 Å². The summed E-state index contributed by atoms with van der Waals surface area (Å²) in [5.41, 5.74) is 2.36. The molecule has 1 saturated heterocycles. The maximum atomic E-state index is 11.3. The molecule has 1 fully saturated rings. The van der Waals surface area contributed by atoms with Crippen molar-refractivity contribution in [1.82, 2.24) is 4.98 Å². The van der Waals surface area contributed by atoms with E-state index in [1.165, 1.54) is 6.92 Å². The number of pyridine rings is 1. The smallest absolute Gasteiger partial charge is 0.238 e. The monoisotopic (exact) mass is 336 g/mol. The number of hydrazine groups is 1. The fourth-order valence-electron chi connectivity index (χ4n) is 2.55. The van der Waals surface area contributed by atoms with Gasteiger partial charge in [-0.05, 0) is 36.4 Å². The Morgan fingerprint density at radius 1 is 1.20 bits per heavy atom. The highest BCUT2D eigenvalue weighted by molar-refractivity contribution is 5.90. The van der Waals surface area contributed by atoms with Crippen LogP contribution in [-0.4, -0.2) is 37.2 Å². The summed E-state index contributed by atoms with van der Waals surface area (Å²) in [7, 11) is 0. The number of carbonyl (C=O) groups excluding carboxylic acids is 1. The zero-order valence-electron chi connectivity index (χ0n) is 14.1. The Morgan fingerprint density at radius 2 is 1.92 bits per heavy atom. The van der Waals surface area contributed by atoms with E-state index in [1.54, 1.807) is 18.3 Å². The molecule has 1 aromatic heterocycles. The van der Waals surface area contributed by atoms with Crippen LogP contribution in [0.15, 0.2) is 42.6 Å². The molecule has 0 bridgehead atoms. The minimum Gasteiger partial charge on any atom is -0.378 e. The Labute approximate surface area is 147 Å². The Hall–Kier alpha value is -2.88. The second-order valence-electron chi connectivity index (χ2n) is 5.66. The van der Waals surface area contributed by atoms with E-state index in [1.807, 2.05) is 24.3 Å². The first-order chi connectivity index (χ1) is 12.1. The van der Waals surface area contributed by atoms with E-state index in [0.717, 1.165) is 35.0 Å². The first-order valence-corrected chi connectivity index (χ1v) is 8.10. The van der Waals surface area contributed by atoms with Gasteiger partial charge in [-0.15, -0.1) is 0 Å². The molecule has 3 rings (SSSR count). The lowest BCUT2D eigenvalue weighted by Gasteiger charge is -2.28. The number of morpholine rings is 1. The SMILES string of the molecule is CC(=O)N(N)c1ccc(C#Cc2cccnc2N2CCOCC2)cc1. The first kappa shape index (κ1) is 17.0. The van der Waals surface area contributed by atoms with Crippen LogP contribution in [0.3, 0.4) is 0 Å². The van der Waals surface area contributed by atoms with Gasteiger partial charge in [0.2, 0.25) is 5.91 Å². The van der Waals surface area contributed by atoms with Gasteiger partial charge in [-0.25, -0.2) is 15.8 Å².